The van der Waals surface area contributed by atoms with Crippen LogP contribution >= 0.6 is 0 Å². The zero-order valence-electron chi connectivity index (χ0n) is 19.6. The maximum absolute atomic E-state index is 13.6. The molecule has 2 aromatic carbocycles. The number of aliphatic carboxylic acids is 1. The van der Waals surface area contributed by atoms with Gasteiger partial charge >= 0.3 is 5.97 Å². The van der Waals surface area contributed by atoms with Gasteiger partial charge in [-0.25, -0.2) is 4.39 Å². The van der Waals surface area contributed by atoms with Crippen molar-refractivity contribution in [2.24, 2.45) is 11.8 Å². The van der Waals surface area contributed by atoms with Gasteiger partial charge in [0.15, 0.2) is 12.4 Å². The number of hydrogen-bond donors (Lipinski definition) is 1. The molecule has 1 saturated carbocycles. The van der Waals surface area contributed by atoms with E-state index in [1.54, 1.807) is 6.08 Å². The Kier molecular flexibility index (Phi) is 8.13. The van der Waals surface area contributed by atoms with Crippen molar-refractivity contribution >= 4 is 11.8 Å². The van der Waals surface area contributed by atoms with Crippen molar-refractivity contribution in [3.05, 3.63) is 90.3 Å². The monoisotopic (exact) mass is 478 g/mol. The van der Waals surface area contributed by atoms with Gasteiger partial charge in [0.2, 0.25) is 0 Å². The van der Waals surface area contributed by atoms with Gasteiger partial charge in [0, 0.05) is 17.8 Å². The molecule has 6 heteroatoms. The van der Waals surface area contributed by atoms with E-state index in [2.05, 4.69) is 6.08 Å². The first kappa shape index (κ1) is 24.9. The molecule has 0 unspecified atom stereocenters. The molecule has 5 nitrogen and oxygen atoms in total. The summed E-state index contributed by atoms with van der Waals surface area (Å²) in [6.45, 7) is 0.534. The van der Waals surface area contributed by atoms with Crippen LogP contribution in [-0.4, -0.2) is 36.2 Å². The Morgan fingerprint density at radius 1 is 1.11 bits per heavy atom. The first-order valence-corrected chi connectivity index (χ1v) is 12.1. The minimum absolute atomic E-state index is 0.00967. The van der Waals surface area contributed by atoms with Crippen LogP contribution < -0.4 is 4.74 Å². The molecule has 4 atom stereocenters. The Morgan fingerprint density at radius 2 is 1.89 bits per heavy atom. The predicted molar refractivity (Wildman–Crippen MR) is 131 cm³/mol. The van der Waals surface area contributed by atoms with Crippen molar-refractivity contribution in [3.8, 4) is 5.75 Å². The number of fused-ring (bicyclic) bond motifs is 2. The minimum Gasteiger partial charge on any atom is -0.485 e. The number of hydrogen-bond acceptors (Lipinski definition) is 4. The van der Waals surface area contributed by atoms with Gasteiger partial charge in [0.25, 0.3) is 0 Å². The van der Waals surface area contributed by atoms with Gasteiger partial charge in [-0.15, -0.1) is 0 Å². The third-order valence-corrected chi connectivity index (χ3v) is 7.09. The number of carboxylic acid groups (broad SMARTS) is 1. The molecule has 0 aromatic heterocycles. The maximum Gasteiger partial charge on any atom is 0.303 e. The summed E-state index contributed by atoms with van der Waals surface area (Å²) in [4.78, 5) is 23.2. The highest BCUT2D eigenvalue weighted by Gasteiger charge is 2.58. The summed E-state index contributed by atoms with van der Waals surface area (Å²) in [5.41, 5.74) is 0.808. The lowest BCUT2D eigenvalue weighted by Gasteiger charge is -2.38. The third-order valence-electron chi connectivity index (χ3n) is 7.09. The van der Waals surface area contributed by atoms with Gasteiger partial charge in [-0.1, -0.05) is 48.6 Å². The molecule has 1 aliphatic heterocycles. The second-order valence-electron chi connectivity index (χ2n) is 9.32. The molecular formula is C29H31FO5. The summed E-state index contributed by atoms with van der Waals surface area (Å²) in [5, 5.41) is 8.83. The highest BCUT2D eigenvalue weighted by molar-refractivity contribution is 5.91. The van der Waals surface area contributed by atoms with Crippen molar-refractivity contribution in [1.82, 2.24) is 0 Å². The Hall–Kier alpha value is -3.25. The van der Waals surface area contributed by atoms with E-state index in [0.717, 1.165) is 18.4 Å². The quantitative estimate of drug-likeness (QED) is 0.248. The number of para-hydroxylation sites is 1. The smallest absolute Gasteiger partial charge is 0.303 e. The molecular weight excluding hydrogens is 447 g/mol. The van der Waals surface area contributed by atoms with Crippen molar-refractivity contribution in [3.63, 3.8) is 0 Å². The lowest BCUT2D eigenvalue weighted by molar-refractivity contribution is -0.137. The number of carboxylic acids is 1. The number of ether oxygens (including phenoxy) is 2. The topological polar surface area (TPSA) is 72.8 Å². The van der Waals surface area contributed by atoms with E-state index in [9.17, 15) is 14.0 Å². The van der Waals surface area contributed by atoms with Gasteiger partial charge in [-0.3, -0.25) is 9.59 Å². The fraction of sp³-hybridized carbons (Fsp3) is 0.379. The number of carbonyl (C=O) groups is 2. The molecule has 1 aliphatic carbocycles. The second-order valence-corrected chi connectivity index (χ2v) is 9.32. The van der Waals surface area contributed by atoms with E-state index in [4.69, 9.17) is 14.6 Å². The van der Waals surface area contributed by atoms with Crippen LogP contribution in [0.4, 0.5) is 4.39 Å². The minimum atomic E-state index is -0.787. The predicted octanol–water partition coefficient (Wildman–Crippen LogP) is 5.50. The summed E-state index contributed by atoms with van der Waals surface area (Å²) in [5.74, 6) is -0.298. The average Bonchev–Trinajstić information content (AvgIpc) is 3.42. The van der Waals surface area contributed by atoms with Crippen LogP contribution in [0, 0.1) is 17.7 Å². The molecule has 1 heterocycles. The Labute approximate surface area is 205 Å². The van der Waals surface area contributed by atoms with E-state index >= 15 is 0 Å². The highest BCUT2D eigenvalue weighted by Crippen LogP contribution is 2.57. The van der Waals surface area contributed by atoms with E-state index in [1.807, 2.05) is 54.6 Å². The molecule has 4 rings (SSSR count). The van der Waals surface area contributed by atoms with Crippen molar-refractivity contribution in [1.29, 1.82) is 0 Å². The van der Waals surface area contributed by atoms with Gasteiger partial charge in [-0.2, -0.15) is 0 Å². The van der Waals surface area contributed by atoms with Gasteiger partial charge < -0.3 is 14.6 Å². The number of ketones is 1. The van der Waals surface area contributed by atoms with Crippen LogP contribution in [0.5, 0.6) is 5.75 Å². The van der Waals surface area contributed by atoms with Gasteiger partial charge in [0.05, 0.1) is 12.7 Å². The van der Waals surface area contributed by atoms with Gasteiger partial charge in [-0.05, 0) is 67.5 Å². The van der Waals surface area contributed by atoms with Crippen molar-refractivity contribution in [2.75, 3.05) is 13.2 Å². The van der Waals surface area contributed by atoms with Crippen LogP contribution in [0.15, 0.2) is 78.9 Å². The molecule has 0 amide bonds. The lowest BCUT2D eigenvalue weighted by atomic mass is 9.69. The first-order valence-electron chi connectivity index (χ1n) is 12.1. The van der Waals surface area contributed by atoms with Crippen LogP contribution in [0.25, 0.3) is 0 Å². The second kappa shape index (κ2) is 11.5. The van der Waals surface area contributed by atoms with E-state index in [1.165, 1.54) is 12.1 Å². The normalized spacial score (nSPS) is 25.5. The highest BCUT2D eigenvalue weighted by atomic mass is 19.1. The van der Waals surface area contributed by atoms with Crippen LogP contribution in [-0.2, 0) is 19.7 Å². The van der Waals surface area contributed by atoms with Crippen LogP contribution in [0.3, 0.4) is 0 Å². The number of benzene rings is 2. The molecule has 2 aliphatic rings. The zero-order chi connectivity index (χ0) is 24.7. The Balaban J connectivity index is 1.47. The molecule has 0 spiro atoms. The zero-order valence-corrected chi connectivity index (χ0v) is 19.6. The molecule has 1 saturated heterocycles. The number of rotatable bonds is 12. The Bertz CT molecular complexity index is 1060. The number of carbonyl (C=O) groups excluding carboxylic acids is 1. The van der Waals surface area contributed by atoms with Crippen molar-refractivity contribution < 1.29 is 28.6 Å². The average molecular weight is 479 g/mol. The largest absolute Gasteiger partial charge is 0.485 e. The lowest BCUT2D eigenvalue weighted by Crippen LogP contribution is -2.39. The maximum atomic E-state index is 13.6. The van der Waals surface area contributed by atoms with Gasteiger partial charge in [0.1, 0.15) is 11.6 Å². The summed E-state index contributed by atoms with van der Waals surface area (Å²) in [7, 11) is 0. The van der Waals surface area contributed by atoms with E-state index < -0.39 is 5.97 Å². The molecule has 35 heavy (non-hydrogen) atoms. The summed E-state index contributed by atoms with van der Waals surface area (Å²) >= 11 is 0. The molecule has 2 bridgehead atoms. The van der Waals surface area contributed by atoms with Crippen molar-refractivity contribution in [2.45, 2.75) is 43.6 Å². The first-order chi connectivity index (χ1) is 17.0. The number of allylic oxidation sites excluding steroid dienone is 2. The van der Waals surface area contributed by atoms with E-state index in [0.29, 0.717) is 25.2 Å². The Morgan fingerprint density at radius 3 is 2.63 bits per heavy atom. The molecule has 1 N–H and O–H groups in total. The standard InChI is InChI=1S/C29H31FO5/c30-22-14-12-21(13-15-22)29-18-27(35-20-29)25(26(29)10-6-1-2-7-11-28(32)33)17-16-23(31)19-34-24-8-4-3-5-9-24/h1,3-6,8-9,12-17,25-27H,2,7,10-11,18-20H2,(H,32,33)/b6-1-,17-16+/t25-,26-,27-,29-/m0/s1. The third kappa shape index (κ3) is 6.06. The van der Waals surface area contributed by atoms with Crippen LogP contribution in [0.1, 0.15) is 37.7 Å². The molecule has 2 aromatic rings. The van der Waals surface area contributed by atoms with Crippen LogP contribution in [0.2, 0.25) is 0 Å². The summed E-state index contributed by atoms with van der Waals surface area (Å²) in [6, 6.07) is 15.9. The number of unbranched alkanes of at least 4 members (excludes halogenated alkanes) is 1. The fourth-order valence-corrected chi connectivity index (χ4v) is 5.37. The SMILES string of the molecule is O=C(O)CCC/C=C\C[C@H]1[C@H](/C=C/C(=O)COc2ccccc2)[C@@H]2C[C@@]1(c1ccc(F)cc1)CO2. The number of halogens is 1. The summed E-state index contributed by atoms with van der Waals surface area (Å²) < 4.78 is 25.3. The molecule has 184 valence electrons. The fourth-order valence-electron chi connectivity index (χ4n) is 5.37. The molecule has 2 fully saturated rings. The van der Waals surface area contributed by atoms with E-state index in [-0.39, 0.29) is 48.0 Å². The summed E-state index contributed by atoms with van der Waals surface area (Å²) in [6.07, 6.45) is 10.7. The molecule has 0 radical (unpaired) electrons.